The number of halogens is 1. The molecule has 2 aromatic heterocycles. The number of fused-ring (bicyclic) bond motifs is 1. The molecule has 4 nitrogen and oxygen atoms in total. The lowest BCUT2D eigenvalue weighted by atomic mass is 10.2. The SMILES string of the molecule is O=c1cc(N2CC(F)C2)nc2ccccn12. The van der Waals surface area contributed by atoms with Crippen LogP contribution in [0.25, 0.3) is 5.65 Å². The van der Waals surface area contributed by atoms with Gasteiger partial charge in [-0.25, -0.2) is 9.37 Å². The molecule has 0 spiro atoms. The zero-order valence-electron chi connectivity index (χ0n) is 8.51. The maximum atomic E-state index is 12.7. The van der Waals surface area contributed by atoms with Crippen molar-refractivity contribution in [2.75, 3.05) is 18.0 Å². The first-order chi connectivity index (χ1) is 7.74. The van der Waals surface area contributed by atoms with Gasteiger partial charge >= 0.3 is 0 Å². The molecule has 1 saturated heterocycles. The lowest BCUT2D eigenvalue weighted by Crippen LogP contribution is -2.49. The lowest BCUT2D eigenvalue weighted by Gasteiger charge is -2.35. The summed E-state index contributed by atoms with van der Waals surface area (Å²) in [6.07, 6.45) is 0.874. The molecule has 0 amide bonds. The van der Waals surface area contributed by atoms with Crippen LogP contribution in [-0.2, 0) is 0 Å². The molecule has 3 heterocycles. The van der Waals surface area contributed by atoms with E-state index in [4.69, 9.17) is 0 Å². The molecule has 0 atom stereocenters. The first kappa shape index (κ1) is 9.33. The molecule has 1 aliphatic heterocycles. The number of aromatic nitrogens is 2. The molecule has 0 unspecified atom stereocenters. The Balaban J connectivity index is 2.11. The number of hydrogen-bond donors (Lipinski definition) is 0. The van der Waals surface area contributed by atoms with Gasteiger partial charge in [0.2, 0.25) is 0 Å². The Hall–Kier alpha value is -1.91. The third kappa shape index (κ3) is 1.36. The quantitative estimate of drug-likeness (QED) is 0.713. The summed E-state index contributed by atoms with van der Waals surface area (Å²) in [5, 5.41) is 0. The van der Waals surface area contributed by atoms with Gasteiger partial charge in [0.15, 0.2) is 0 Å². The summed E-state index contributed by atoms with van der Waals surface area (Å²) in [4.78, 5) is 17.8. The first-order valence-corrected chi connectivity index (χ1v) is 5.11. The third-order valence-corrected chi connectivity index (χ3v) is 2.72. The van der Waals surface area contributed by atoms with E-state index in [1.165, 1.54) is 10.5 Å². The van der Waals surface area contributed by atoms with Gasteiger partial charge in [0.1, 0.15) is 17.6 Å². The number of anilines is 1. The molecule has 82 valence electrons. The number of rotatable bonds is 1. The van der Waals surface area contributed by atoms with Crippen LogP contribution in [0.4, 0.5) is 10.2 Å². The van der Waals surface area contributed by atoms with Crippen molar-refractivity contribution in [3.63, 3.8) is 0 Å². The van der Waals surface area contributed by atoms with E-state index < -0.39 is 6.17 Å². The van der Waals surface area contributed by atoms with Crippen molar-refractivity contribution in [1.82, 2.24) is 9.38 Å². The summed E-state index contributed by atoms with van der Waals surface area (Å²) in [6, 6.07) is 6.80. The molecule has 0 N–H and O–H groups in total. The van der Waals surface area contributed by atoms with Gasteiger partial charge in [0.25, 0.3) is 5.56 Å². The Labute approximate surface area is 91.0 Å². The Kier molecular flexibility index (Phi) is 1.92. The van der Waals surface area contributed by atoms with E-state index in [1.54, 1.807) is 23.2 Å². The average molecular weight is 219 g/mol. The maximum absolute atomic E-state index is 12.7. The number of alkyl halides is 1. The fourth-order valence-corrected chi connectivity index (χ4v) is 1.82. The average Bonchev–Trinajstić information content (AvgIpc) is 2.25. The van der Waals surface area contributed by atoms with Crippen LogP contribution >= 0.6 is 0 Å². The van der Waals surface area contributed by atoms with Crippen LogP contribution < -0.4 is 10.5 Å². The van der Waals surface area contributed by atoms with E-state index >= 15 is 0 Å². The molecule has 0 aromatic carbocycles. The monoisotopic (exact) mass is 219 g/mol. The van der Waals surface area contributed by atoms with Gasteiger partial charge in [-0.1, -0.05) is 6.07 Å². The zero-order chi connectivity index (χ0) is 11.1. The number of nitrogens with zero attached hydrogens (tertiary/aromatic N) is 3. The van der Waals surface area contributed by atoms with Gasteiger partial charge in [-0.3, -0.25) is 9.20 Å². The second kappa shape index (κ2) is 3.30. The third-order valence-electron chi connectivity index (χ3n) is 2.72. The smallest absolute Gasteiger partial charge is 0.259 e. The summed E-state index contributed by atoms with van der Waals surface area (Å²) >= 11 is 0. The van der Waals surface area contributed by atoms with E-state index in [1.807, 2.05) is 6.07 Å². The molecule has 16 heavy (non-hydrogen) atoms. The number of pyridine rings is 1. The second-order valence-corrected chi connectivity index (χ2v) is 3.88. The molecule has 1 aliphatic rings. The highest BCUT2D eigenvalue weighted by Crippen LogP contribution is 2.19. The molecule has 2 aromatic rings. The van der Waals surface area contributed by atoms with Gasteiger partial charge in [-0.05, 0) is 12.1 Å². The summed E-state index contributed by atoms with van der Waals surface area (Å²) in [7, 11) is 0. The van der Waals surface area contributed by atoms with Gasteiger partial charge in [-0.2, -0.15) is 0 Å². The molecule has 0 bridgehead atoms. The standard InChI is InChI=1S/C11H10FN3O/c12-8-6-14(7-8)10-5-11(16)15-4-2-1-3-9(15)13-10/h1-5,8H,6-7H2. The Morgan fingerprint density at radius 1 is 1.38 bits per heavy atom. The minimum absolute atomic E-state index is 0.136. The first-order valence-electron chi connectivity index (χ1n) is 5.11. The maximum Gasteiger partial charge on any atom is 0.259 e. The molecular formula is C11H10FN3O. The van der Waals surface area contributed by atoms with Crippen molar-refractivity contribution in [3.8, 4) is 0 Å². The molecular weight excluding hydrogens is 209 g/mol. The van der Waals surface area contributed by atoms with E-state index in [0.29, 0.717) is 24.6 Å². The highest BCUT2D eigenvalue weighted by atomic mass is 19.1. The van der Waals surface area contributed by atoms with Gasteiger partial charge in [-0.15, -0.1) is 0 Å². The fourth-order valence-electron chi connectivity index (χ4n) is 1.82. The van der Waals surface area contributed by atoms with E-state index in [9.17, 15) is 9.18 Å². The summed E-state index contributed by atoms with van der Waals surface area (Å²) in [5.41, 5.74) is 0.454. The highest BCUT2D eigenvalue weighted by molar-refractivity contribution is 5.49. The van der Waals surface area contributed by atoms with Crippen LogP contribution in [0, 0.1) is 0 Å². The lowest BCUT2D eigenvalue weighted by molar-refractivity contribution is 0.273. The second-order valence-electron chi connectivity index (χ2n) is 3.88. The Morgan fingerprint density at radius 2 is 2.19 bits per heavy atom. The van der Waals surface area contributed by atoms with Crippen LogP contribution in [0.1, 0.15) is 0 Å². The van der Waals surface area contributed by atoms with Crippen LogP contribution in [0.5, 0.6) is 0 Å². The highest BCUT2D eigenvalue weighted by Gasteiger charge is 2.27. The molecule has 5 heteroatoms. The van der Waals surface area contributed by atoms with Crippen LogP contribution in [0.15, 0.2) is 35.3 Å². The van der Waals surface area contributed by atoms with Crippen molar-refractivity contribution in [2.24, 2.45) is 0 Å². The van der Waals surface area contributed by atoms with Crippen molar-refractivity contribution in [1.29, 1.82) is 0 Å². The predicted molar refractivity (Wildman–Crippen MR) is 58.6 cm³/mol. The van der Waals surface area contributed by atoms with Gasteiger partial charge in [0.05, 0.1) is 13.1 Å². The molecule has 0 saturated carbocycles. The molecule has 3 rings (SSSR count). The minimum atomic E-state index is -0.795. The molecule has 0 aliphatic carbocycles. The van der Waals surface area contributed by atoms with E-state index in [0.717, 1.165) is 0 Å². The van der Waals surface area contributed by atoms with Crippen molar-refractivity contribution in [2.45, 2.75) is 6.17 Å². The van der Waals surface area contributed by atoms with E-state index in [-0.39, 0.29) is 5.56 Å². The summed E-state index contributed by atoms with van der Waals surface area (Å²) in [5.74, 6) is 0.560. The largest absolute Gasteiger partial charge is 0.350 e. The van der Waals surface area contributed by atoms with Crippen molar-refractivity contribution in [3.05, 3.63) is 40.8 Å². The van der Waals surface area contributed by atoms with Crippen LogP contribution in [0.2, 0.25) is 0 Å². The summed E-state index contributed by atoms with van der Waals surface area (Å²) in [6.45, 7) is 0.658. The van der Waals surface area contributed by atoms with Crippen LogP contribution in [0.3, 0.4) is 0 Å². The normalized spacial score (nSPS) is 16.4. The minimum Gasteiger partial charge on any atom is -0.350 e. The topological polar surface area (TPSA) is 37.6 Å². The van der Waals surface area contributed by atoms with Crippen molar-refractivity contribution >= 4 is 11.5 Å². The molecule has 1 fully saturated rings. The Morgan fingerprint density at radius 3 is 2.94 bits per heavy atom. The van der Waals surface area contributed by atoms with Crippen LogP contribution in [-0.4, -0.2) is 28.6 Å². The molecule has 0 radical (unpaired) electrons. The Bertz CT molecular complexity index is 589. The van der Waals surface area contributed by atoms with E-state index in [2.05, 4.69) is 4.98 Å². The summed E-state index contributed by atoms with van der Waals surface area (Å²) < 4.78 is 14.2. The van der Waals surface area contributed by atoms with Gasteiger partial charge < -0.3 is 4.90 Å². The predicted octanol–water partition coefficient (Wildman–Crippen LogP) is 0.853. The van der Waals surface area contributed by atoms with Crippen molar-refractivity contribution < 1.29 is 4.39 Å². The fraction of sp³-hybridized carbons (Fsp3) is 0.273. The van der Waals surface area contributed by atoms with Gasteiger partial charge in [0, 0.05) is 12.3 Å². The number of hydrogen-bond acceptors (Lipinski definition) is 3. The zero-order valence-corrected chi connectivity index (χ0v) is 8.51.